The Hall–Kier alpha value is -2.34. The lowest BCUT2D eigenvalue weighted by molar-refractivity contribution is 0.233. The zero-order valence-electron chi connectivity index (χ0n) is 15.6. The molecule has 1 aliphatic rings. The topological polar surface area (TPSA) is 55.7 Å². The van der Waals surface area contributed by atoms with E-state index in [-0.39, 0.29) is 29.3 Å². The lowest BCUT2D eigenvalue weighted by Gasteiger charge is -2.41. The van der Waals surface area contributed by atoms with E-state index < -0.39 is 0 Å². The summed E-state index contributed by atoms with van der Waals surface area (Å²) in [7, 11) is 0. The van der Waals surface area contributed by atoms with E-state index in [1.807, 2.05) is 0 Å². The molecule has 0 aliphatic carbocycles. The minimum absolute atomic E-state index is 0.0334. The number of rotatable bonds is 4. The van der Waals surface area contributed by atoms with Crippen LogP contribution in [0.4, 0.5) is 4.39 Å². The Labute approximate surface area is 164 Å². The molecule has 2 aromatic rings. The van der Waals surface area contributed by atoms with Gasteiger partial charge in [-0.1, -0.05) is 26.0 Å². The van der Waals surface area contributed by atoms with Crippen molar-refractivity contribution >= 4 is 17.3 Å². The molecular weight excluding hydrogens is 363 g/mol. The predicted octanol–water partition coefficient (Wildman–Crippen LogP) is 3.91. The third kappa shape index (κ3) is 4.33. The van der Waals surface area contributed by atoms with Gasteiger partial charge < -0.3 is 20.4 Å². The summed E-state index contributed by atoms with van der Waals surface area (Å²) in [6.45, 7) is 5.66. The second kappa shape index (κ2) is 8.13. The molecule has 6 heteroatoms. The molecule has 4 nitrogen and oxygen atoms in total. The first kappa shape index (κ1) is 19.4. The van der Waals surface area contributed by atoms with E-state index in [1.54, 1.807) is 24.3 Å². The second-order valence-electron chi connectivity index (χ2n) is 7.28. The summed E-state index contributed by atoms with van der Waals surface area (Å²) in [5.41, 5.74) is 3.11. The van der Waals surface area contributed by atoms with Crippen LogP contribution >= 0.6 is 12.2 Å². The summed E-state index contributed by atoms with van der Waals surface area (Å²) in [5.74, 6) is -0.130. The summed E-state index contributed by atoms with van der Waals surface area (Å²) < 4.78 is 13.0. The molecule has 1 aliphatic heterocycles. The van der Waals surface area contributed by atoms with Crippen molar-refractivity contribution in [3.8, 4) is 11.5 Å². The highest BCUT2D eigenvalue weighted by Gasteiger charge is 2.32. The van der Waals surface area contributed by atoms with Gasteiger partial charge in [0, 0.05) is 13.1 Å². The minimum atomic E-state index is -0.233. The number of hydrogen-bond acceptors (Lipinski definition) is 3. The normalized spacial score (nSPS) is 16.3. The van der Waals surface area contributed by atoms with Crippen molar-refractivity contribution in [2.24, 2.45) is 5.92 Å². The number of hydrogen-bond donors (Lipinski definition) is 3. The van der Waals surface area contributed by atoms with E-state index in [9.17, 15) is 14.6 Å². The van der Waals surface area contributed by atoms with Crippen LogP contribution in [0, 0.1) is 11.7 Å². The van der Waals surface area contributed by atoms with Crippen LogP contribution in [0.1, 0.15) is 36.6 Å². The van der Waals surface area contributed by atoms with Gasteiger partial charge in [0.25, 0.3) is 0 Å². The average molecular weight is 389 g/mol. The van der Waals surface area contributed by atoms with E-state index in [4.69, 9.17) is 12.2 Å². The van der Waals surface area contributed by atoms with Crippen molar-refractivity contribution in [2.45, 2.75) is 32.7 Å². The summed E-state index contributed by atoms with van der Waals surface area (Å²) in [5, 5.41) is 23.7. The molecule has 0 aromatic heterocycles. The third-order valence-electron chi connectivity index (χ3n) is 5.01. The van der Waals surface area contributed by atoms with Crippen LogP contribution in [0.3, 0.4) is 0 Å². The quantitative estimate of drug-likeness (QED) is 0.548. The Morgan fingerprint density at radius 1 is 1.22 bits per heavy atom. The minimum Gasteiger partial charge on any atom is -0.504 e. The average Bonchev–Trinajstić information content (AvgIpc) is 2.63. The molecule has 27 heavy (non-hydrogen) atoms. The van der Waals surface area contributed by atoms with E-state index >= 15 is 0 Å². The van der Waals surface area contributed by atoms with Gasteiger partial charge in [0.1, 0.15) is 5.82 Å². The Morgan fingerprint density at radius 3 is 2.56 bits per heavy atom. The maximum Gasteiger partial charge on any atom is 0.169 e. The van der Waals surface area contributed by atoms with Crippen molar-refractivity contribution in [1.29, 1.82) is 0 Å². The van der Waals surface area contributed by atoms with Gasteiger partial charge in [-0.05, 0) is 71.9 Å². The molecule has 144 valence electrons. The first-order valence-corrected chi connectivity index (χ1v) is 9.61. The third-order valence-corrected chi connectivity index (χ3v) is 5.39. The number of aromatic hydroxyl groups is 2. The van der Waals surface area contributed by atoms with Gasteiger partial charge in [-0.2, -0.15) is 0 Å². The zero-order valence-corrected chi connectivity index (χ0v) is 16.4. The van der Waals surface area contributed by atoms with Crippen LogP contribution in [0.2, 0.25) is 0 Å². The van der Waals surface area contributed by atoms with Gasteiger partial charge in [-0.25, -0.2) is 4.39 Å². The molecular formula is C21H25FN2O2S. The number of phenolic OH excluding ortho intramolecular Hbond substituents is 2. The molecule has 0 fully saturated rings. The van der Waals surface area contributed by atoms with Gasteiger partial charge in [0.05, 0.1) is 6.04 Å². The number of thiocarbonyl (C=S) groups is 1. The Morgan fingerprint density at radius 2 is 1.89 bits per heavy atom. The van der Waals surface area contributed by atoms with Crippen LogP contribution in [0.15, 0.2) is 36.4 Å². The highest BCUT2D eigenvalue weighted by atomic mass is 32.1. The summed E-state index contributed by atoms with van der Waals surface area (Å²) in [6.07, 6.45) is 1.51. The lowest BCUT2D eigenvalue weighted by atomic mass is 9.86. The van der Waals surface area contributed by atoms with Crippen molar-refractivity contribution < 1.29 is 14.6 Å². The molecule has 1 unspecified atom stereocenters. The lowest BCUT2D eigenvalue weighted by Crippen LogP contribution is -2.47. The standard InChI is InChI=1S/C21H25FN2O2S/c1-13(2)20-17-12-19(26)18(25)11-15(17)8-10-24(20)21(27)23-9-7-14-3-5-16(22)6-4-14/h3-6,11-13,20,25-26H,7-10H2,1-2H3,(H,23,27). The fraction of sp³-hybridized carbons (Fsp3) is 0.381. The summed E-state index contributed by atoms with van der Waals surface area (Å²) >= 11 is 5.64. The maximum atomic E-state index is 13.0. The molecule has 1 atom stereocenters. The smallest absolute Gasteiger partial charge is 0.169 e. The Balaban J connectivity index is 1.70. The van der Waals surface area contributed by atoms with E-state index in [0.717, 1.165) is 36.1 Å². The Bertz CT molecular complexity index is 824. The number of halogens is 1. The fourth-order valence-corrected chi connectivity index (χ4v) is 4.00. The number of nitrogens with one attached hydrogen (secondary N) is 1. The van der Waals surface area contributed by atoms with Crippen molar-refractivity contribution in [3.05, 3.63) is 58.9 Å². The number of nitrogens with zero attached hydrogens (tertiary/aromatic N) is 1. The van der Waals surface area contributed by atoms with Gasteiger partial charge >= 0.3 is 0 Å². The fourth-order valence-electron chi connectivity index (χ4n) is 3.69. The first-order chi connectivity index (χ1) is 12.9. The van der Waals surface area contributed by atoms with E-state index in [2.05, 4.69) is 24.1 Å². The van der Waals surface area contributed by atoms with Gasteiger partial charge in [0.15, 0.2) is 16.6 Å². The van der Waals surface area contributed by atoms with Crippen LogP contribution in [0.25, 0.3) is 0 Å². The van der Waals surface area contributed by atoms with E-state index in [1.165, 1.54) is 12.1 Å². The van der Waals surface area contributed by atoms with Gasteiger partial charge in [-0.3, -0.25) is 0 Å². The molecule has 3 N–H and O–H groups in total. The molecule has 0 saturated heterocycles. The van der Waals surface area contributed by atoms with Gasteiger partial charge in [-0.15, -0.1) is 0 Å². The highest BCUT2D eigenvalue weighted by Crippen LogP contribution is 2.40. The molecule has 0 saturated carbocycles. The molecule has 0 radical (unpaired) electrons. The molecule has 0 bridgehead atoms. The predicted molar refractivity (Wildman–Crippen MR) is 108 cm³/mol. The van der Waals surface area contributed by atoms with Crippen LogP contribution in [0.5, 0.6) is 11.5 Å². The van der Waals surface area contributed by atoms with Gasteiger partial charge in [0.2, 0.25) is 0 Å². The molecule has 0 spiro atoms. The number of phenols is 2. The molecule has 0 amide bonds. The van der Waals surface area contributed by atoms with Crippen LogP contribution in [-0.2, 0) is 12.8 Å². The Kier molecular flexibility index (Phi) is 5.85. The monoisotopic (exact) mass is 388 g/mol. The molecule has 1 heterocycles. The number of fused-ring (bicyclic) bond motifs is 1. The first-order valence-electron chi connectivity index (χ1n) is 9.20. The second-order valence-corrected chi connectivity index (χ2v) is 7.67. The maximum absolute atomic E-state index is 13.0. The van der Waals surface area contributed by atoms with E-state index in [0.29, 0.717) is 11.7 Å². The van der Waals surface area contributed by atoms with Crippen LogP contribution < -0.4 is 5.32 Å². The highest BCUT2D eigenvalue weighted by molar-refractivity contribution is 7.80. The van der Waals surface area contributed by atoms with Crippen molar-refractivity contribution in [1.82, 2.24) is 10.2 Å². The number of benzene rings is 2. The molecule has 3 rings (SSSR count). The largest absolute Gasteiger partial charge is 0.504 e. The summed E-state index contributed by atoms with van der Waals surface area (Å²) in [4.78, 5) is 2.16. The molecule has 2 aromatic carbocycles. The SMILES string of the molecule is CC(C)C1c2cc(O)c(O)cc2CCN1C(=S)NCCc1ccc(F)cc1. The van der Waals surface area contributed by atoms with Crippen molar-refractivity contribution in [2.75, 3.05) is 13.1 Å². The van der Waals surface area contributed by atoms with Crippen molar-refractivity contribution in [3.63, 3.8) is 0 Å². The summed E-state index contributed by atoms with van der Waals surface area (Å²) in [6, 6.07) is 9.83. The zero-order chi connectivity index (χ0) is 19.6. The van der Waals surface area contributed by atoms with Crippen LogP contribution in [-0.4, -0.2) is 33.3 Å².